The van der Waals surface area contributed by atoms with Crippen molar-refractivity contribution in [2.24, 2.45) is 10.9 Å². The second-order valence-electron chi connectivity index (χ2n) is 12.7. The molecule has 6 rings (SSSR count). The first-order chi connectivity index (χ1) is 23.1. The Balaban J connectivity index is 1.49. The Labute approximate surface area is 280 Å². The number of carbonyl (C=O) groups excluding carboxylic acids is 3. The summed E-state index contributed by atoms with van der Waals surface area (Å²) >= 11 is 0. The Bertz CT molecular complexity index is 1640. The first kappa shape index (κ1) is 33.3. The summed E-state index contributed by atoms with van der Waals surface area (Å²) in [6.45, 7) is 5.15. The number of hydrogen-bond acceptors (Lipinski definition) is 9. The second-order valence-corrected chi connectivity index (χ2v) is 12.7. The van der Waals surface area contributed by atoms with Gasteiger partial charge in [0.25, 0.3) is 0 Å². The number of ether oxygens (including phenoxy) is 5. The third-order valence-electron chi connectivity index (χ3n) is 9.36. The van der Waals surface area contributed by atoms with Crippen LogP contribution in [0.4, 0.5) is 0 Å². The van der Waals surface area contributed by atoms with E-state index in [-0.39, 0.29) is 38.0 Å². The van der Waals surface area contributed by atoms with Crippen molar-refractivity contribution in [2.45, 2.75) is 82.6 Å². The Morgan fingerprint density at radius 3 is 2.12 bits per heavy atom. The molecule has 48 heavy (non-hydrogen) atoms. The van der Waals surface area contributed by atoms with Gasteiger partial charge < -0.3 is 29.0 Å². The molecule has 3 aliphatic rings. The second kappa shape index (κ2) is 13.9. The van der Waals surface area contributed by atoms with Gasteiger partial charge in [-0.25, -0.2) is 9.79 Å². The molecule has 0 aromatic heterocycles. The topological polar surface area (TPSA) is 125 Å². The molecule has 2 saturated heterocycles. The Morgan fingerprint density at radius 1 is 0.938 bits per heavy atom. The molecule has 1 amide bonds. The van der Waals surface area contributed by atoms with Crippen LogP contribution in [-0.2, 0) is 57.8 Å². The number of methoxy groups -OCH3 is 1. The maximum atomic E-state index is 13.9. The zero-order valence-electron chi connectivity index (χ0n) is 27.5. The molecular formula is C37H41N3O8. The Hall–Kier alpha value is -4.58. The fourth-order valence-corrected chi connectivity index (χ4v) is 7.23. The quantitative estimate of drug-likeness (QED) is 0.195. The number of esters is 2. The van der Waals surface area contributed by atoms with Crippen LogP contribution in [-0.4, -0.2) is 71.6 Å². The van der Waals surface area contributed by atoms with E-state index in [0.29, 0.717) is 0 Å². The predicted octanol–water partition coefficient (Wildman–Crippen LogP) is 4.14. The molecule has 1 aliphatic carbocycles. The normalized spacial score (nSPS) is 29.1. The number of rotatable bonds is 10. The van der Waals surface area contributed by atoms with Crippen LogP contribution in [0.2, 0.25) is 0 Å². The van der Waals surface area contributed by atoms with Crippen molar-refractivity contribution in [3.05, 3.63) is 108 Å². The van der Waals surface area contributed by atoms with Gasteiger partial charge in [0.15, 0.2) is 18.5 Å². The van der Waals surface area contributed by atoms with Crippen LogP contribution in [0.1, 0.15) is 43.9 Å². The van der Waals surface area contributed by atoms with Gasteiger partial charge in [0.2, 0.25) is 11.9 Å². The molecule has 2 aliphatic heterocycles. The van der Waals surface area contributed by atoms with Crippen LogP contribution in [0.5, 0.6) is 0 Å². The van der Waals surface area contributed by atoms with Crippen LogP contribution in [0, 0.1) is 5.92 Å². The molecule has 2 bridgehead atoms. The van der Waals surface area contributed by atoms with Crippen molar-refractivity contribution in [3.63, 3.8) is 0 Å². The molecule has 1 saturated carbocycles. The van der Waals surface area contributed by atoms with Crippen molar-refractivity contribution < 1.29 is 38.1 Å². The lowest BCUT2D eigenvalue weighted by Gasteiger charge is -2.58. The number of hydrogen-bond donors (Lipinski definition) is 1. The lowest BCUT2D eigenvalue weighted by atomic mass is 9.61. The van der Waals surface area contributed by atoms with Crippen LogP contribution in [0.3, 0.4) is 0 Å². The number of benzene rings is 3. The summed E-state index contributed by atoms with van der Waals surface area (Å²) < 4.78 is 30.9. The van der Waals surface area contributed by atoms with Crippen LogP contribution in [0.15, 0.2) is 96.0 Å². The molecule has 11 nitrogen and oxygen atoms in total. The number of aliphatic imine (C=N–C) groups is 1. The average Bonchev–Trinajstić information content (AvgIpc) is 3.41. The van der Waals surface area contributed by atoms with E-state index in [1.54, 1.807) is 11.8 Å². The molecule has 7 atom stereocenters. The van der Waals surface area contributed by atoms with Crippen molar-refractivity contribution in [2.75, 3.05) is 7.11 Å². The number of carbonyl (C=O) groups is 3. The fraction of sp³-hybridized carbons (Fsp3) is 0.405. The third kappa shape index (κ3) is 6.45. The summed E-state index contributed by atoms with van der Waals surface area (Å²) in [5.41, 5.74) is 0.0860. The van der Waals surface area contributed by atoms with Gasteiger partial charge >= 0.3 is 11.9 Å². The maximum absolute atomic E-state index is 13.9. The average molecular weight is 656 g/mol. The highest BCUT2D eigenvalue weighted by atomic mass is 16.7. The Kier molecular flexibility index (Phi) is 9.63. The molecule has 1 N–H and O–H groups in total. The molecule has 3 aromatic carbocycles. The minimum Gasteiger partial charge on any atom is -0.455 e. The van der Waals surface area contributed by atoms with Gasteiger partial charge in [-0.05, 0) is 23.6 Å². The molecule has 252 valence electrons. The third-order valence-corrected chi connectivity index (χ3v) is 9.36. The predicted molar refractivity (Wildman–Crippen MR) is 175 cm³/mol. The summed E-state index contributed by atoms with van der Waals surface area (Å²) in [5, 5.41) is 3.59. The number of amides is 1. The van der Waals surface area contributed by atoms with Gasteiger partial charge in [0, 0.05) is 33.3 Å². The number of fused-ring (bicyclic) bond motifs is 1. The van der Waals surface area contributed by atoms with E-state index < -0.39 is 53.6 Å². The first-order valence-electron chi connectivity index (χ1n) is 16.1. The van der Waals surface area contributed by atoms with E-state index >= 15 is 0 Å². The van der Waals surface area contributed by atoms with E-state index in [2.05, 4.69) is 5.32 Å². The highest BCUT2D eigenvalue weighted by molar-refractivity contribution is 5.97. The number of guanidine groups is 1. The lowest BCUT2D eigenvalue weighted by Crippen LogP contribution is -2.81. The molecule has 0 spiro atoms. The standard InChI is InChI=1S/C37H41N3O8/c1-24(41)40(22-27-16-10-6-11-17-27)35(38-21-26-14-8-5-9-15-26)39-37-29-20-36(3,48-25(2)42)30(46-33(43)32(37)47-34(29)44-4)31(37)45-23-28-18-12-7-13-19-28/h5-19,29-32,34H,20-23H2,1-4H3,(H,38,39)/t29-,30+,31-,32-,34-,36+,37-/m1/s1. The van der Waals surface area contributed by atoms with E-state index in [9.17, 15) is 14.4 Å². The van der Waals surface area contributed by atoms with Gasteiger partial charge in [0.05, 0.1) is 19.7 Å². The van der Waals surface area contributed by atoms with E-state index in [1.807, 2.05) is 91.0 Å². The minimum atomic E-state index is -1.34. The van der Waals surface area contributed by atoms with E-state index in [0.717, 1.165) is 16.7 Å². The number of nitrogens with zero attached hydrogens (tertiary/aromatic N) is 2. The van der Waals surface area contributed by atoms with Crippen molar-refractivity contribution in [1.29, 1.82) is 0 Å². The van der Waals surface area contributed by atoms with Gasteiger partial charge in [-0.1, -0.05) is 91.0 Å². The molecule has 0 unspecified atom stereocenters. The SMILES string of the molecule is CO[C@@H]1O[C@@H]2C(=O)O[C@H]3[C@@H](OCc4ccccc4)[C@]2(NC(=NCc2ccccc2)N(Cc2ccccc2)C(C)=O)[C@@H]1C[C@]3(C)OC(C)=O. The van der Waals surface area contributed by atoms with Crippen molar-refractivity contribution >= 4 is 23.8 Å². The van der Waals surface area contributed by atoms with E-state index in [4.69, 9.17) is 28.7 Å². The summed E-state index contributed by atoms with van der Waals surface area (Å²) in [4.78, 5) is 46.4. The minimum absolute atomic E-state index is 0.160. The summed E-state index contributed by atoms with van der Waals surface area (Å²) in [5.74, 6) is -1.81. The van der Waals surface area contributed by atoms with Gasteiger partial charge in [-0.3, -0.25) is 14.5 Å². The highest BCUT2D eigenvalue weighted by Gasteiger charge is 2.76. The zero-order chi connectivity index (χ0) is 33.9. The van der Waals surface area contributed by atoms with Crippen LogP contribution < -0.4 is 5.32 Å². The lowest BCUT2D eigenvalue weighted by molar-refractivity contribution is -0.257. The van der Waals surface area contributed by atoms with Gasteiger partial charge in [0.1, 0.15) is 17.2 Å². The summed E-state index contributed by atoms with van der Waals surface area (Å²) in [6, 6.07) is 28.9. The molecular weight excluding hydrogens is 614 g/mol. The van der Waals surface area contributed by atoms with E-state index in [1.165, 1.54) is 21.0 Å². The summed E-state index contributed by atoms with van der Waals surface area (Å²) in [7, 11) is 1.50. The zero-order valence-corrected chi connectivity index (χ0v) is 27.5. The Morgan fingerprint density at radius 2 is 1.54 bits per heavy atom. The monoisotopic (exact) mass is 655 g/mol. The summed E-state index contributed by atoms with van der Waals surface area (Å²) in [6.07, 6.45) is -3.83. The molecule has 11 heteroatoms. The van der Waals surface area contributed by atoms with Crippen molar-refractivity contribution in [3.8, 4) is 0 Å². The molecule has 3 aromatic rings. The van der Waals surface area contributed by atoms with Gasteiger partial charge in [-0.15, -0.1) is 0 Å². The number of nitrogens with one attached hydrogen (secondary N) is 1. The van der Waals surface area contributed by atoms with Crippen molar-refractivity contribution in [1.82, 2.24) is 10.2 Å². The maximum Gasteiger partial charge on any atom is 0.338 e. The highest BCUT2D eigenvalue weighted by Crippen LogP contribution is 2.55. The smallest absolute Gasteiger partial charge is 0.338 e. The van der Waals surface area contributed by atoms with Gasteiger partial charge in [-0.2, -0.15) is 0 Å². The molecule has 2 heterocycles. The largest absolute Gasteiger partial charge is 0.455 e. The fourth-order valence-electron chi connectivity index (χ4n) is 7.23. The molecule has 0 radical (unpaired) electrons. The molecule has 3 fully saturated rings. The first-order valence-corrected chi connectivity index (χ1v) is 16.1. The van der Waals surface area contributed by atoms with Crippen LogP contribution >= 0.6 is 0 Å². The van der Waals surface area contributed by atoms with Crippen LogP contribution in [0.25, 0.3) is 0 Å².